The van der Waals surface area contributed by atoms with Crippen molar-refractivity contribution < 1.29 is 28.4 Å². The van der Waals surface area contributed by atoms with E-state index in [2.05, 4.69) is 10.0 Å². The van der Waals surface area contributed by atoms with E-state index in [-0.39, 0.29) is 13.6 Å². The van der Waals surface area contributed by atoms with Crippen molar-refractivity contribution in [3.8, 4) is 23.0 Å². The van der Waals surface area contributed by atoms with E-state index in [0.717, 1.165) is 16.9 Å². The van der Waals surface area contributed by atoms with Crippen LogP contribution in [0.4, 0.5) is 0 Å². The van der Waals surface area contributed by atoms with Gasteiger partial charge in [-0.3, -0.25) is 0 Å². The maximum Gasteiger partial charge on any atom is 0.231 e. The highest BCUT2D eigenvalue weighted by atomic mass is 16.8. The highest BCUT2D eigenvalue weighted by molar-refractivity contribution is 5.57. The van der Waals surface area contributed by atoms with Gasteiger partial charge >= 0.3 is 0 Å². The molecule has 0 saturated carbocycles. The van der Waals surface area contributed by atoms with E-state index in [9.17, 15) is 5.53 Å². The predicted octanol–water partition coefficient (Wildman–Crippen LogP) is 4.60. The molecular weight excluding hydrogens is 414 g/mol. The summed E-state index contributed by atoms with van der Waals surface area (Å²) in [6.07, 6.45) is 3.48. The Kier molecular flexibility index (Phi) is 5.30. The Bertz CT molecular complexity index is 1100. The van der Waals surface area contributed by atoms with E-state index >= 15 is 0 Å². The third-order valence-electron chi connectivity index (χ3n) is 5.50. The summed E-state index contributed by atoms with van der Waals surface area (Å²) in [6, 6.07) is 10.9. The summed E-state index contributed by atoms with van der Waals surface area (Å²) in [5.41, 5.74) is 11.1. The van der Waals surface area contributed by atoms with Crippen molar-refractivity contribution in [1.29, 1.82) is 0 Å². The molecule has 0 radical (unpaired) electrons. The zero-order valence-corrected chi connectivity index (χ0v) is 17.8. The van der Waals surface area contributed by atoms with Crippen LogP contribution in [0.2, 0.25) is 0 Å². The largest absolute Gasteiger partial charge is 0.454 e. The fourth-order valence-electron chi connectivity index (χ4n) is 4.08. The maximum atomic E-state index is 9.22. The molecule has 5 rings (SSSR count). The first-order valence-corrected chi connectivity index (χ1v) is 10.4. The SMILES string of the molecule is CC1(C)O[C@@H]([C@@H](Cc2ccc3c(c2)OCO3)N=[N+]=[N-])[C@H](/C=C/c2ccc3c(c2)OCO3)O1. The number of benzene rings is 2. The van der Waals surface area contributed by atoms with Gasteiger partial charge in [-0.15, -0.1) is 0 Å². The Balaban J connectivity index is 1.37. The van der Waals surface area contributed by atoms with Crippen LogP contribution in [0.1, 0.15) is 25.0 Å². The number of fused-ring (bicyclic) bond motifs is 2. The summed E-state index contributed by atoms with van der Waals surface area (Å²) >= 11 is 0. The number of hydrogen-bond acceptors (Lipinski definition) is 7. The Hall–Kier alpha value is -3.39. The number of azide groups is 1. The normalized spacial score (nSPS) is 23.3. The fraction of sp³-hybridized carbons (Fsp3) is 0.391. The van der Waals surface area contributed by atoms with Crippen LogP contribution in [0.25, 0.3) is 16.5 Å². The molecule has 0 bridgehead atoms. The lowest BCUT2D eigenvalue weighted by molar-refractivity contribution is -0.144. The molecule has 1 saturated heterocycles. The van der Waals surface area contributed by atoms with Gasteiger partial charge in [0.15, 0.2) is 28.8 Å². The van der Waals surface area contributed by atoms with Gasteiger partial charge in [0.25, 0.3) is 0 Å². The smallest absolute Gasteiger partial charge is 0.231 e. The molecule has 166 valence electrons. The predicted molar refractivity (Wildman–Crippen MR) is 115 cm³/mol. The lowest BCUT2D eigenvalue weighted by Gasteiger charge is -2.22. The van der Waals surface area contributed by atoms with Crippen molar-refractivity contribution in [1.82, 2.24) is 0 Å². The first kappa shape index (κ1) is 20.5. The van der Waals surface area contributed by atoms with Gasteiger partial charge in [-0.25, -0.2) is 0 Å². The molecule has 0 spiro atoms. The van der Waals surface area contributed by atoms with Gasteiger partial charge < -0.3 is 28.4 Å². The Labute approximate surface area is 185 Å². The summed E-state index contributed by atoms with van der Waals surface area (Å²) < 4.78 is 33.9. The molecule has 0 amide bonds. The van der Waals surface area contributed by atoms with Crippen molar-refractivity contribution in [2.24, 2.45) is 5.11 Å². The monoisotopic (exact) mass is 437 g/mol. The lowest BCUT2D eigenvalue weighted by Crippen LogP contribution is -2.34. The molecule has 2 aromatic carbocycles. The van der Waals surface area contributed by atoms with Crippen LogP contribution in [0, 0.1) is 0 Å². The van der Waals surface area contributed by atoms with Gasteiger partial charge in [-0.05, 0) is 61.2 Å². The average molecular weight is 437 g/mol. The van der Waals surface area contributed by atoms with E-state index < -0.39 is 24.0 Å². The lowest BCUT2D eigenvalue weighted by atomic mass is 9.97. The molecule has 2 aromatic rings. The molecule has 9 nitrogen and oxygen atoms in total. The third-order valence-corrected chi connectivity index (χ3v) is 5.50. The van der Waals surface area contributed by atoms with Crippen molar-refractivity contribution in [3.05, 3.63) is 64.0 Å². The zero-order valence-electron chi connectivity index (χ0n) is 17.8. The first-order chi connectivity index (χ1) is 15.5. The molecule has 1 fully saturated rings. The second kappa shape index (κ2) is 8.27. The first-order valence-electron chi connectivity index (χ1n) is 10.4. The van der Waals surface area contributed by atoms with Crippen molar-refractivity contribution >= 4 is 6.08 Å². The molecule has 0 unspecified atom stereocenters. The highest BCUT2D eigenvalue weighted by Gasteiger charge is 2.43. The van der Waals surface area contributed by atoms with Gasteiger partial charge in [0.05, 0.1) is 12.1 Å². The minimum atomic E-state index is -0.813. The average Bonchev–Trinajstić information content (AvgIpc) is 3.49. The molecule has 3 aliphatic rings. The van der Waals surface area contributed by atoms with Crippen LogP contribution in [0.5, 0.6) is 23.0 Å². The zero-order chi connectivity index (χ0) is 22.1. The van der Waals surface area contributed by atoms with Crippen LogP contribution in [-0.2, 0) is 15.9 Å². The second-order valence-corrected chi connectivity index (χ2v) is 8.20. The molecule has 0 N–H and O–H groups in total. The van der Waals surface area contributed by atoms with E-state index in [1.54, 1.807) is 0 Å². The summed E-state index contributed by atoms with van der Waals surface area (Å²) in [5, 5.41) is 4.05. The summed E-state index contributed by atoms with van der Waals surface area (Å²) in [7, 11) is 0. The van der Waals surface area contributed by atoms with Crippen LogP contribution in [0.15, 0.2) is 47.6 Å². The summed E-state index contributed by atoms with van der Waals surface area (Å²) in [6.45, 7) is 4.13. The molecule has 0 aliphatic carbocycles. The molecule has 3 atom stereocenters. The Morgan fingerprint density at radius 3 is 2.44 bits per heavy atom. The van der Waals surface area contributed by atoms with E-state index in [1.165, 1.54) is 0 Å². The topological polar surface area (TPSA) is 104 Å². The van der Waals surface area contributed by atoms with Crippen molar-refractivity contribution in [2.75, 3.05) is 13.6 Å². The van der Waals surface area contributed by atoms with Gasteiger partial charge in [-0.2, -0.15) is 0 Å². The Morgan fingerprint density at radius 2 is 1.69 bits per heavy atom. The summed E-state index contributed by atoms with van der Waals surface area (Å²) in [4.78, 5) is 3.07. The second-order valence-electron chi connectivity index (χ2n) is 8.20. The molecule has 3 aliphatic heterocycles. The number of hydrogen-bond donors (Lipinski definition) is 0. The van der Waals surface area contributed by atoms with Crippen molar-refractivity contribution in [2.45, 2.75) is 44.3 Å². The van der Waals surface area contributed by atoms with Crippen LogP contribution in [0.3, 0.4) is 0 Å². The van der Waals surface area contributed by atoms with E-state index in [4.69, 9.17) is 28.4 Å². The van der Waals surface area contributed by atoms with Crippen molar-refractivity contribution in [3.63, 3.8) is 0 Å². The molecular formula is C23H23N3O6. The number of nitrogens with zero attached hydrogens (tertiary/aromatic N) is 3. The number of rotatable bonds is 6. The maximum absolute atomic E-state index is 9.22. The standard InChI is InChI=1S/C23H23N3O6/c1-23(2)31-19(8-4-14-3-6-17-20(10-14)29-12-27-17)22(32-23)16(25-26-24)9-15-5-7-18-21(11-15)30-13-28-18/h3-8,10-11,16,19,22H,9,12-13H2,1-2H3/b8-4+/t16-,19+,22+/m1/s1. The number of ether oxygens (including phenoxy) is 6. The summed E-state index contributed by atoms with van der Waals surface area (Å²) in [5.74, 6) is 2.02. The minimum absolute atomic E-state index is 0.207. The fourth-order valence-corrected chi connectivity index (χ4v) is 4.08. The molecule has 3 heterocycles. The Morgan fingerprint density at radius 1 is 1.00 bits per heavy atom. The molecule has 32 heavy (non-hydrogen) atoms. The van der Waals surface area contributed by atoms with E-state index in [1.807, 2.05) is 62.4 Å². The van der Waals surface area contributed by atoms with Gasteiger partial charge in [0.2, 0.25) is 13.6 Å². The minimum Gasteiger partial charge on any atom is -0.454 e. The third kappa shape index (κ3) is 4.18. The van der Waals surface area contributed by atoms with Gasteiger partial charge in [-0.1, -0.05) is 29.4 Å². The van der Waals surface area contributed by atoms with E-state index in [0.29, 0.717) is 23.7 Å². The quantitative estimate of drug-likeness (QED) is 0.372. The highest BCUT2D eigenvalue weighted by Crippen LogP contribution is 2.37. The van der Waals surface area contributed by atoms with Crippen LogP contribution >= 0.6 is 0 Å². The van der Waals surface area contributed by atoms with Gasteiger partial charge in [0, 0.05) is 4.91 Å². The molecule has 0 aromatic heterocycles. The van der Waals surface area contributed by atoms with Crippen LogP contribution in [-0.4, -0.2) is 37.6 Å². The van der Waals surface area contributed by atoms with Crippen LogP contribution < -0.4 is 18.9 Å². The van der Waals surface area contributed by atoms with Gasteiger partial charge in [0.1, 0.15) is 6.10 Å². The molecule has 9 heteroatoms.